The van der Waals surface area contributed by atoms with Crippen molar-refractivity contribution in [1.29, 1.82) is 0 Å². The number of aryl methyl sites for hydroxylation is 1. The van der Waals surface area contributed by atoms with Gasteiger partial charge in [0, 0.05) is 29.9 Å². The van der Waals surface area contributed by atoms with Crippen molar-refractivity contribution >= 4 is 29.0 Å². The van der Waals surface area contributed by atoms with Gasteiger partial charge in [0.2, 0.25) is 0 Å². The first-order valence-electron chi connectivity index (χ1n) is 8.89. The van der Waals surface area contributed by atoms with E-state index in [-0.39, 0.29) is 6.61 Å². The summed E-state index contributed by atoms with van der Waals surface area (Å²) in [4.78, 5) is 11.9. The van der Waals surface area contributed by atoms with E-state index in [1.54, 1.807) is 18.2 Å². The van der Waals surface area contributed by atoms with Gasteiger partial charge in [0.05, 0.1) is 11.4 Å². The van der Waals surface area contributed by atoms with E-state index in [4.69, 9.17) is 22.2 Å². The summed E-state index contributed by atoms with van der Waals surface area (Å²) in [6.45, 7) is 4.28. The molecule has 2 aromatic rings. The Kier molecular flexibility index (Phi) is 6.08. The predicted molar refractivity (Wildman–Crippen MR) is 112 cm³/mol. The third-order valence-electron chi connectivity index (χ3n) is 4.36. The summed E-state index contributed by atoms with van der Waals surface area (Å²) < 4.78 is 5.99. The van der Waals surface area contributed by atoms with Crippen LogP contribution in [-0.2, 0) is 6.61 Å². The number of ether oxygens (including phenoxy) is 1. The molecule has 4 N–H and O–H groups in total. The molecule has 7 nitrogen and oxygen atoms in total. The van der Waals surface area contributed by atoms with Crippen molar-refractivity contribution in [1.82, 2.24) is 10.4 Å². The minimum Gasteiger partial charge on any atom is -0.488 e. The molecular formula is C20H24ClN5O2. The summed E-state index contributed by atoms with van der Waals surface area (Å²) >= 11 is 6.32. The number of halogens is 1. The molecule has 2 amide bonds. The average molecular weight is 402 g/mol. The van der Waals surface area contributed by atoms with Gasteiger partial charge >= 0.3 is 6.03 Å². The van der Waals surface area contributed by atoms with Gasteiger partial charge < -0.3 is 10.1 Å². The van der Waals surface area contributed by atoms with Gasteiger partial charge in [-0.2, -0.15) is 0 Å². The van der Waals surface area contributed by atoms with E-state index in [9.17, 15) is 4.79 Å². The quantitative estimate of drug-likeness (QED) is 0.403. The molecule has 0 bridgehead atoms. The number of hydrogen-bond acceptors (Lipinski definition) is 5. The van der Waals surface area contributed by atoms with Gasteiger partial charge in [-0.25, -0.2) is 16.1 Å². The zero-order valence-electron chi connectivity index (χ0n) is 16.1. The fraction of sp³-hybridized carbons (Fsp3) is 0.250. The maximum atomic E-state index is 11.9. The largest absolute Gasteiger partial charge is 0.488 e. The van der Waals surface area contributed by atoms with Gasteiger partial charge in [0.1, 0.15) is 12.4 Å². The van der Waals surface area contributed by atoms with E-state index in [0.717, 1.165) is 22.0 Å². The summed E-state index contributed by atoms with van der Waals surface area (Å²) in [6.07, 6.45) is 4.10. The molecule has 3 rings (SSSR count). The second-order valence-electron chi connectivity index (χ2n) is 6.67. The average Bonchev–Trinajstić information content (AvgIpc) is 3.08. The van der Waals surface area contributed by atoms with E-state index in [1.807, 2.05) is 36.3 Å². The van der Waals surface area contributed by atoms with Crippen LogP contribution in [0.25, 0.3) is 0 Å². The number of benzene rings is 2. The number of urea groups is 1. The second kappa shape index (κ2) is 8.52. The van der Waals surface area contributed by atoms with Crippen molar-refractivity contribution in [2.75, 3.05) is 17.4 Å². The van der Waals surface area contributed by atoms with E-state index >= 15 is 0 Å². The van der Waals surface area contributed by atoms with Crippen LogP contribution in [0.3, 0.4) is 0 Å². The summed E-state index contributed by atoms with van der Waals surface area (Å²) in [7, 11) is 1.46. The van der Waals surface area contributed by atoms with E-state index in [1.165, 1.54) is 7.05 Å². The van der Waals surface area contributed by atoms with Crippen LogP contribution in [0, 0.1) is 6.92 Å². The molecule has 0 radical (unpaired) electrons. The van der Waals surface area contributed by atoms with Gasteiger partial charge in [-0.3, -0.25) is 10.0 Å². The first kappa shape index (κ1) is 20.0. The van der Waals surface area contributed by atoms with Crippen LogP contribution < -0.4 is 26.3 Å². The second-order valence-corrected chi connectivity index (χ2v) is 7.08. The Hall–Kier alpha value is -2.74. The molecular weight excluding hydrogens is 378 g/mol. The van der Waals surface area contributed by atoms with Crippen LogP contribution in [0.15, 0.2) is 48.7 Å². The van der Waals surface area contributed by atoms with Crippen molar-refractivity contribution < 1.29 is 9.53 Å². The normalized spacial score (nSPS) is 15.6. The smallest absolute Gasteiger partial charge is 0.335 e. The molecule has 0 saturated heterocycles. The molecule has 8 heteroatoms. The summed E-state index contributed by atoms with van der Waals surface area (Å²) in [5.41, 5.74) is 6.59. The first-order valence-corrected chi connectivity index (χ1v) is 9.27. The fourth-order valence-corrected chi connectivity index (χ4v) is 3.03. The third kappa shape index (κ3) is 4.56. The van der Waals surface area contributed by atoms with Crippen molar-refractivity contribution in [3.05, 3.63) is 64.8 Å². The Bertz CT molecular complexity index is 900. The number of rotatable bonds is 5. The zero-order chi connectivity index (χ0) is 20.3. The molecule has 0 spiro atoms. The highest BCUT2D eigenvalue weighted by atomic mass is 35.5. The van der Waals surface area contributed by atoms with Crippen LogP contribution in [0.4, 0.5) is 16.2 Å². The minimum absolute atomic E-state index is 0.211. The summed E-state index contributed by atoms with van der Waals surface area (Å²) in [5, 5.41) is 6.18. The third-order valence-corrected chi connectivity index (χ3v) is 4.71. The minimum atomic E-state index is -0.440. The number of nitrogens with zero attached hydrogens (tertiary/aromatic N) is 2. The Morgan fingerprint density at radius 2 is 2.18 bits per heavy atom. The zero-order valence-corrected chi connectivity index (χ0v) is 16.8. The van der Waals surface area contributed by atoms with Crippen molar-refractivity contribution in [2.45, 2.75) is 26.5 Å². The predicted octanol–water partition coefficient (Wildman–Crippen LogP) is 3.79. The van der Waals surface area contributed by atoms with Gasteiger partial charge in [-0.05, 0) is 55.8 Å². The maximum absolute atomic E-state index is 11.9. The van der Waals surface area contributed by atoms with Gasteiger partial charge in [-0.1, -0.05) is 17.7 Å². The van der Waals surface area contributed by atoms with Crippen LogP contribution in [0.5, 0.6) is 5.75 Å². The lowest BCUT2D eigenvalue weighted by molar-refractivity contribution is 0.223. The number of hydrazine groups is 2. The molecule has 0 saturated carbocycles. The highest BCUT2D eigenvalue weighted by Gasteiger charge is 2.15. The number of amides is 2. The first-order chi connectivity index (χ1) is 13.3. The van der Waals surface area contributed by atoms with Crippen LogP contribution in [0.2, 0.25) is 5.02 Å². The van der Waals surface area contributed by atoms with Gasteiger partial charge in [0.25, 0.3) is 0 Å². The Morgan fingerprint density at radius 3 is 2.82 bits per heavy atom. The summed E-state index contributed by atoms with van der Waals surface area (Å²) in [6, 6.07) is 11.1. The lowest BCUT2D eigenvalue weighted by atomic mass is 10.1. The Balaban J connectivity index is 1.74. The molecule has 1 unspecified atom stereocenters. The van der Waals surface area contributed by atoms with Gasteiger partial charge in [-0.15, -0.1) is 0 Å². The highest BCUT2D eigenvalue weighted by Crippen LogP contribution is 2.29. The molecule has 148 valence electrons. The maximum Gasteiger partial charge on any atom is 0.335 e. The van der Waals surface area contributed by atoms with Crippen LogP contribution in [-0.4, -0.2) is 24.1 Å². The van der Waals surface area contributed by atoms with E-state index in [2.05, 4.69) is 23.7 Å². The van der Waals surface area contributed by atoms with E-state index < -0.39 is 6.03 Å². The number of carbonyl (C=O) groups is 1. The topological polar surface area (TPSA) is 82.9 Å². The number of nitrogens with two attached hydrogens (primary N) is 1. The van der Waals surface area contributed by atoms with Crippen LogP contribution >= 0.6 is 11.6 Å². The monoisotopic (exact) mass is 401 g/mol. The summed E-state index contributed by atoms with van der Waals surface area (Å²) in [5.74, 6) is 6.22. The van der Waals surface area contributed by atoms with Crippen molar-refractivity contribution in [3.63, 3.8) is 0 Å². The molecule has 2 aromatic carbocycles. The Morgan fingerprint density at radius 1 is 1.39 bits per heavy atom. The van der Waals surface area contributed by atoms with Crippen molar-refractivity contribution in [2.24, 2.45) is 5.84 Å². The molecule has 0 aliphatic carbocycles. The number of anilines is 2. The number of hydrogen-bond donors (Lipinski definition) is 3. The molecule has 1 aliphatic rings. The number of carbonyl (C=O) groups excluding carboxylic acids is 1. The highest BCUT2D eigenvalue weighted by molar-refractivity contribution is 6.31. The molecule has 0 aromatic heterocycles. The van der Waals surface area contributed by atoms with E-state index in [0.29, 0.717) is 22.3 Å². The lowest BCUT2D eigenvalue weighted by Crippen LogP contribution is -2.37. The molecule has 1 atom stereocenters. The Labute approximate surface area is 169 Å². The SMILES string of the molecule is Cc1cc(N2C=CC(C)N2)ccc1OCc1c(Cl)cccc1NC(=O)N(C)N. The number of nitrogens with one attached hydrogen (secondary N) is 2. The van der Waals surface area contributed by atoms with Gasteiger partial charge in [0.15, 0.2) is 0 Å². The molecule has 1 aliphatic heterocycles. The van der Waals surface area contributed by atoms with Crippen molar-refractivity contribution in [3.8, 4) is 5.75 Å². The molecule has 0 fully saturated rings. The standard InChI is InChI=1S/C20H24ClN5O2/c1-13-11-15(26-10-9-14(2)24-26)7-8-19(13)28-12-16-17(21)5-4-6-18(16)23-20(27)25(3)22/h4-11,14,24H,12,22H2,1-3H3,(H,23,27). The molecule has 28 heavy (non-hydrogen) atoms. The fourth-order valence-electron chi connectivity index (χ4n) is 2.80. The van der Waals surface area contributed by atoms with Crippen LogP contribution in [0.1, 0.15) is 18.1 Å². The lowest BCUT2D eigenvalue weighted by Gasteiger charge is -2.20. The molecule has 1 heterocycles.